The molecular formula is C20H21FN4O2. The van der Waals surface area contributed by atoms with Crippen molar-refractivity contribution in [3.63, 3.8) is 0 Å². The zero-order chi connectivity index (χ0) is 19.1. The van der Waals surface area contributed by atoms with Gasteiger partial charge >= 0.3 is 0 Å². The third-order valence-corrected chi connectivity index (χ3v) is 3.98. The third-order valence-electron chi connectivity index (χ3n) is 3.98. The molecule has 2 N–H and O–H groups in total. The zero-order valence-electron chi connectivity index (χ0n) is 15.2. The number of benzene rings is 2. The molecule has 3 aromatic rings. The Balaban J connectivity index is 1.63. The van der Waals surface area contributed by atoms with Crippen LogP contribution in [0.3, 0.4) is 0 Å². The van der Waals surface area contributed by atoms with Gasteiger partial charge in [0.15, 0.2) is 11.5 Å². The van der Waals surface area contributed by atoms with Crippen LogP contribution in [0.15, 0.2) is 54.9 Å². The minimum absolute atomic E-state index is 0.196. The van der Waals surface area contributed by atoms with Crippen LogP contribution < -0.4 is 20.1 Å². The van der Waals surface area contributed by atoms with Gasteiger partial charge in [-0.15, -0.1) is 0 Å². The van der Waals surface area contributed by atoms with Crippen molar-refractivity contribution in [1.29, 1.82) is 0 Å². The van der Waals surface area contributed by atoms with Crippen molar-refractivity contribution in [2.45, 2.75) is 6.42 Å². The highest BCUT2D eigenvalue weighted by molar-refractivity contribution is 5.62. The first-order valence-electron chi connectivity index (χ1n) is 8.48. The van der Waals surface area contributed by atoms with Gasteiger partial charge in [0, 0.05) is 24.4 Å². The fourth-order valence-corrected chi connectivity index (χ4v) is 2.61. The van der Waals surface area contributed by atoms with E-state index in [1.807, 2.05) is 24.3 Å². The van der Waals surface area contributed by atoms with Gasteiger partial charge in [0.2, 0.25) is 0 Å². The van der Waals surface area contributed by atoms with E-state index in [9.17, 15) is 4.39 Å². The molecule has 0 radical (unpaired) electrons. The maximum atomic E-state index is 13.7. The van der Waals surface area contributed by atoms with E-state index in [0.717, 1.165) is 5.69 Å². The van der Waals surface area contributed by atoms with Gasteiger partial charge in [-0.3, -0.25) is 0 Å². The standard InChI is InChI=1S/C20H21FN4O2/c1-26-17-8-7-15(11-18(17)27-2)25-20-12-19(23-13-24-20)22-10-9-14-5-3-4-6-16(14)21/h3-8,11-13H,9-10H2,1-2H3,(H2,22,23,24,25). The summed E-state index contributed by atoms with van der Waals surface area (Å²) in [6, 6.07) is 14.1. The summed E-state index contributed by atoms with van der Waals surface area (Å²) in [6.45, 7) is 0.563. The summed E-state index contributed by atoms with van der Waals surface area (Å²) in [7, 11) is 3.18. The van der Waals surface area contributed by atoms with Gasteiger partial charge in [-0.25, -0.2) is 14.4 Å². The number of aromatic nitrogens is 2. The molecule has 0 spiro atoms. The largest absolute Gasteiger partial charge is 0.493 e. The van der Waals surface area contributed by atoms with Crippen LogP contribution in [-0.4, -0.2) is 30.7 Å². The predicted molar refractivity (Wildman–Crippen MR) is 103 cm³/mol. The maximum absolute atomic E-state index is 13.7. The first-order valence-corrected chi connectivity index (χ1v) is 8.48. The van der Waals surface area contributed by atoms with Gasteiger partial charge in [-0.2, -0.15) is 0 Å². The molecule has 0 aliphatic heterocycles. The Bertz CT molecular complexity index is 905. The number of methoxy groups -OCH3 is 2. The molecule has 1 aromatic heterocycles. The number of rotatable bonds is 8. The van der Waals surface area contributed by atoms with Crippen LogP contribution in [0, 0.1) is 5.82 Å². The molecule has 0 aliphatic carbocycles. The Hall–Kier alpha value is -3.35. The monoisotopic (exact) mass is 368 g/mol. The maximum Gasteiger partial charge on any atom is 0.162 e. The summed E-state index contributed by atoms with van der Waals surface area (Å²) in [5.74, 6) is 2.37. The van der Waals surface area contributed by atoms with E-state index in [0.29, 0.717) is 41.7 Å². The van der Waals surface area contributed by atoms with Gasteiger partial charge in [0.1, 0.15) is 23.8 Å². The summed E-state index contributed by atoms with van der Waals surface area (Å²) in [6.07, 6.45) is 2.03. The second-order valence-corrected chi connectivity index (χ2v) is 5.75. The van der Waals surface area contributed by atoms with Crippen LogP contribution in [-0.2, 0) is 6.42 Å². The van der Waals surface area contributed by atoms with E-state index >= 15 is 0 Å². The average Bonchev–Trinajstić information content (AvgIpc) is 2.69. The van der Waals surface area contributed by atoms with E-state index in [-0.39, 0.29) is 5.82 Å². The number of anilines is 3. The summed E-state index contributed by atoms with van der Waals surface area (Å²) >= 11 is 0. The van der Waals surface area contributed by atoms with E-state index in [1.54, 1.807) is 32.4 Å². The number of hydrogen-bond acceptors (Lipinski definition) is 6. The van der Waals surface area contributed by atoms with Crippen molar-refractivity contribution in [3.8, 4) is 11.5 Å². The molecule has 0 aliphatic rings. The number of nitrogens with one attached hydrogen (secondary N) is 2. The van der Waals surface area contributed by atoms with Crippen LogP contribution in [0.1, 0.15) is 5.56 Å². The molecular weight excluding hydrogens is 347 g/mol. The topological polar surface area (TPSA) is 68.3 Å². The Labute approximate surface area is 157 Å². The number of halogens is 1. The van der Waals surface area contributed by atoms with Crippen molar-refractivity contribution < 1.29 is 13.9 Å². The smallest absolute Gasteiger partial charge is 0.162 e. The Morgan fingerprint density at radius 2 is 1.70 bits per heavy atom. The third kappa shape index (κ3) is 4.84. The van der Waals surface area contributed by atoms with E-state index in [1.165, 1.54) is 12.4 Å². The predicted octanol–water partition coefficient (Wildman–Crippen LogP) is 4.03. The molecule has 140 valence electrons. The average molecular weight is 368 g/mol. The Kier molecular flexibility index (Phi) is 6.04. The van der Waals surface area contributed by atoms with Crippen molar-refractivity contribution in [1.82, 2.24) is 9.97 Å². The van der Waals surface area contributed by atoms with Crippen molar-refractivity contribution in [2.24, 2.45) is 0 Å². The molecule has 3 rings (SSSR count). The first-order chi connectivity index (χ1) is 13.2. The molecule has 1 heterocycles. The van der Waals surface area contributed by atoms with Gasteiger partial charge in [0.25, 0.3) is 0 Å². The van der Waals surface area contributed by atoms with Crippen LogP contribution in [0.2, 0.25) is 0 Å². The van der Waals surface area contributed by atoms with E-state index in [4.69, 9.17) is 9.47 Å². The lowest BCUT2D eigenvalue weighted by atomic mass is 10.1. The second kappa shape index (κ2) is 8.84. The van der Waals surface area contributed by atoms with Crippen molar-refractivity contribution >= 4 is 17.3 Å². The van der Waals surface area contributed by atoms with Crippen LogP contribution >= 0.6 is 0 Å². The molecule has 6 nitrogen and oxygen atoms in total. The van der Waals surface area contributed by atoms with Gasteiger partial charge < -0.3 is 20.1 Å². The first kappa shape index (κ1) is 18.4. The molecule has 2 aromatic carbocycles. The highest BCUT2D eigenvalue weighted by Gasteiger charge is 2.06. The van der Waals surface area contributed by atoms with Crippen molar-refractivity contribution in [3.05, 3.63) is 66.2 Å². The van der Waals surface area contributed by atoms with Gasteiger partial charge in [-0.1, -0.05) is 18.2 Å². The zero-order valence-corrected chi connectivity index (χ0v) is 15.2. The number of nitrogens with zero attached hydrogens (tertiary/aromatic N) is 2. The van der Waals surface area contributed by atoms with Gasteiger partial charge in [-0.05, 0) is 30.2 Å². The molecule has 0 unspecified atom stereocenters. The lowest BCUT2D eigenvalue weighted by molar-refractivity contribution is 0.355. The molecule has 0 bridgehead atoms. The normalized spacial score (nSPS) is 10.3. The van der Waals surface area contributed by atoms with Crippen LogP contribution in [0.4, 0.5) is 21.7 Å². The summed E-state index contributed by atoms with van der Waals surface area (Å²) in [5, 5.41) is 6.39. The highest BCUT2D eigenvalue weighted by Crippen LogP contribution is 2.30. The van der Waals surface area contributed by atoms with E-state index < -0.39 is 0 Å². The van der Waals surface area contributed by atoms with Gasteiger partial charge in [0.05, 0.1) is 14.2 Å². The lowest BCUT2D eigenvalue weighted by Gasteiger charge is -2.12. The molecule has 0 saturated heterocycles. The summed E-state index contributed by atoms with van der Waals surface area (Å²) in [5.41, 5.74) is 1.48. The molecule has 7 heteroatoms. The molecule has 0 atom stereocenters. The minimum atomic E-state index is -0.196. The highest BCUT2D eigenvalue weighted by atomic mass is 19.1. The molecule has 0 fully saturated rings. The second-order valence-electron chi connectivity index (χ2n) is 5.75. The number of ether oxygens (including phenoxy) is 2. The summed E-state index contributed by atoms with van der Waals surface area (Å²) in [4.78, 5) is 8.41. The summed E-state index contributed by atoms with van der Waals surface area (Å²) < 4.78 is 24.2. The minimum Gasteiger partial charge on any atom is -0.493 e. The fourth-order valence-electron chi connectivity index (χ4n) is 2.61. The molecule has 27 heavy (non-hydrogen) atoms. The molecule has 0 saturated carbocycles. The number of hydrogen-bond donors (Lipinski definition) is 2. The van der Waals surface area contributed by atoms with Crippen LogP contribution in [0.25, 0.3) is 0 Å². The fraction of sp³-hybridized carbons (Fsp3) is 0.200. The van der Waals surface area contributed by atoms with Crippen molar-refractivity contribution in [2.75, 3.05) is 31.4 Å². The van der Waals surface area contributed by atoms with Crippen LogP contribution in [0.5, 0.6) is 11.5 Å². The van der Waals surface area contributed by atoms with E-state index in [2.05, 4.69) is 20.6 Å². The lowest BCUT2D eigenvalue weighted by Crippen LogP contribution is -2.08. The Morgan fingerprint density at radius 3 is 2.48 bits per heavy atom. The SMILES string of the molecule is COc1ccc(Nc2cc(NCCc3ccccc3F)ncn2)cc1OC. The quantitative estimate of drug-likeness (QED) is 0.626. The molecule has 0 amide bonds. The Morgan fingerprint density at radius 1 is 0.926 bits per heavy atom.